The van der Waals surface area contributed by atoms with Crippen LogP contribution in [0.2, 0.25) is 0 Å². The standard InChI is InChI=1S/C13H18N2O2/c1-4-15-9-11-5-6-12(13(7-11)16-3)17-10(2)8-14/h5-7,10,15H,4,9H2,1-3H3. The summed E-state index contributed by atoms with van der Waals surface area (Å²) < 4.78 is 10.7. The monoisotopic (exact) mass is 234 g/mol. The highest BCUT2D eigenvalue weighted by Crippen LogP contribution is 2.28. The molecule has 0 saturated carbocycles. The number of methoxy groups -OCH3 is 1. The summed E-state index contributed by atoms with van der Waals surface area (Å²) in [6, 6.07) is 7.74. The molecule has 4 heteroatoms. The van der Waals surface area contributed by atoms with Crippen LogP contribution in [0.4, 0.5) is 0 Å². The lowest BCUT2D eigenvalue weighted by Gasteiger charge is -2.13. The van der Waals surface area contributed by atoms with Crippen LogP contribution in [0.1, 0.15) is 19.4 Å². The van der Waals surface area contributed by atoms with E-state index in [0.717, 1.165) is 18.7 Å². The van der Waals surface area contributed by atoms with Gasteiger partial charge in [0.25, 0.3) is 0 Å². The molecule has 0 amide bonds. The van der Waals surface area contributed by atoms with Crippen molar-refractivity contribution in [1.29, 1.82) is 5.26 Å². The van der Waals surface area contributed by atoms with Gasteiger partial charge in [-0.2, -0.15) is 5.26 Å². The van der Waals surface area contributed by atoms with Crippen molar-refractivity contribution in [2.45, 2.75) is 26.5 Å². The van der Waals surface area contributed by atoms with Crippen LogP contribution in [0.25, 0.3) is 0 Å². The van der Waals surface area contributed by atoms with E-state index in [1.165, 1.54) is 0 Å². The van der Waals surface area contributed by atoms with E-state index < -0.39 is 6.10 Å². The van der Waals surface area contributed by atoms with Gasteiger partial charge in [-0.15, -0.1) is 0 Å². The maximum Gasteiger partial charge on any atom is 0.181 e. The van der Waals surface area contributed by atoms with Gasteiger partial charge >= 0.3 is 0 Å². The van der Waals surface area contributed by atoms with Crippen molar-refractivity contribution in [3.05, 3.63) is 23.8 Å². The molecule has 0 spiro atoms. The van der Waals surface area contributed by atoms with Crippen molar-refractivity contribution < 1.29 is 9.47 Å². The predicted octanol–water partition coefficient (Wildman–Crippen LogP) is 2.10. The first-order valence-corrected chi connectivity index (χ1v) is 5.65. The van der Waals surface area contributed by atoms with Crippen molar-refractivity contribution in [1.82, 2.24) is 5.32 Å². The van der Waals surface area contributed by atoms with Gasteiger partial charge in [-0.25, -0.2) is 0 Å². The normalized spacial score (nSPS) is 11.6. The molecular weight excluding hydrogens is 216 g/mol. The summed E-state index contributed by atoms with van der Waals surface area (Å²) in [6.45, 7) is 5.47. The fourth-order valence-corrected chi connectivity index (χ4v) is 1.41. The summed E-state index contributed by atoms with van der Waals surface area (Å²) in [6.07, 6.45) is -0.483. The number of nitrogens with one attached hydrogen (secondary N) is 1. The Morgan fingerprint density at radius 1 is 1.41 bits per heavy atom. The Morgan fingerprint density at radius 3 is 2.76 bits per heavy atom. The Balaban J connectivity index is 2.82. The van der Waals surface area contributed by atoms with Crippen LogP contribution in [-0.4, -0.2) is 19.8 Å². The average Bonchev–Trinajstić information content (AvgIpc) is 2.37. The fraction of sp³-hybridized carbons (Fsp3) is 0.462. The zero-order chi connectivity index (χ0) is 12.7. The van der Waals surface area contributed by atoms with Crippen molar-refractivity contribution in [3.63, 3.8) is 0 Å². The summed E-state index contributed by atoms with van der Waals surface area (Å²) in [7, 11) is 1.59. The summed E-state index contributed by atoms with van der Waals surface area (Å²) in [5.41, 5.74) is 1.13. The van der Waals surface area contributed by atoms with E-state index in [9.17, 15) is 0 Å². The third-order valence-corrected chi connectivity index (χ3v) is 2.29. The van der Waals surface area contributed by atoms with E-state index >= 15 is 0 Å². The van der Waals surface area contributed by atoms with Crippen LogP contribution < -0.4 is 14.8 Å². The lowest BCUT2D eigenvalue weighted by Crippen LogP contribution is -2.12. The molecule has 0 heterocycles. The number of nitriles is 1. The second-order valence-electron chi connectivity index (χ2n) is 3.65. The molecule has 1 atom stereocenters. The van der Waals surface area contributed by atoms with Gasteiger partial charge in [-0.05, 0) is 31.2 Å². The molecule has 4 nitrogen and oxygen atoms in total. The van der Waals surface area contributed by atoms with Crippen LogP contribution in [0, 0.1) is 11.3 Å². The molecule has 0 bridgehead atoms. The smallest absolute Gasteiger partial charge is 0.181 e. The molecular formula is C13H18N2O2. The van der Waals surface area contributed by atoms with Gasteiger partial charge in [0.05, 0.1) is 7.11 Å². The van der Waals surface area contributed by atoms with Crippen molar-refractivity contribution in [2.24, 2.45) is 0 Å². The summed E-state index contributed by atoms with van der Waals surface area (Å²) in [4.78, 5) is 0. The molecule has 0 aliphatic heterocycles. The second kappa shape index (κ2) is 6.77. The molecule has 1 aromatic carbocycles. The van der Waals surface area contributed by atoms with Gasteiger partial charge in [0.1, 0.15) is 6.07 Å². The Hall–Kier alpha value is -1.73. The van der Waals surface area contributed by atoms with E-state index in [2.05, 4.69) is 12.2 Å². The highest BCUT2D eigenvalue weighted by Gasteiger charge is 2.08. The highest BCUT2D eigenvalue weighted by molar-refractivity contribution is 5.43. The minimum absolute atomic E-state index is 0.483. The Labute approximate surface area is 102 Å². The van der Waals surface area contributed by atoms with Crippen LogP contribution in [-0.2, 0) is 6.54 Å². The van der Waals surface area contributed by atoms with E-state index in [4.69, 9.17) is 14.7 Å². The molecule has 0 aromatic heterocycles. The molecule has 1 N–H and O–H groups in total. The number of ether oxygens (including phenoxy) is 2. The highest BCUT2D eigenvalue weighted by atomic mass is 16.5. The van der Waals surface area contributed by atoms with Gasteiger partial charge in [0.2, 0.25) is 0 Å². The van der Waals surface area contributed by atoms with Crippen LogP contribution >= 0.6 is 0 Å². The van der Waals surface area contributed by atoms with Gasteiger partial charge in [0.15, 0.2) is 17.6 Å². The summed E-state index contributed by atoms with van der Waals surface area (Å²) in [5, 5.41) is 11.9. The predicted molar refractivity (Wildman–Crippen MR) is 66.1 cm³/mol. The number of benzene rings is 1. The van der Waals surface area contributed by atoms with Gasteiger partial charge < -0.3 is 14.8 Å². The summed E-state index contributed by atoms with van der Waals surface area (Å²) >= 11 is 0. The van der Waals surface area contributed by atoms with Crippen molar-refractivity contribution in [3.8, 4) is 17.6 Å². The molecule has 0 aliphatic rings. The lowest BCUT2D eigenvalue weighted by molar-refractivity contribution is 0.260. The van der Waals surface area contributed by atoms with E-state index in [0.29, 0.717) is 11.5 Å². The molecule has 1 rings (SSSR count). The van der Waals surface area contributed by atoms with E-state index in [1.54, 1.807) is 14.0 Å². The van der Waals surface area contributed by atoms with Crippen molar-refractivity contribution >= 4 is 0 Å². The number of hydrogen-bond acceptors (Lipinski definition) is 4. The maximum absolute atomic E-state index is 8.70. The van der Waals surface area contributed by atoms with Gasteiger partial charge in [-0.3, -0.25) is 0 Å². The van der Waals surface area contributed by atoms with Gasteiger partial charge in [-0.1, -0.05) is 13.0 Å². The zero-order valence-electron chi connectivity index (χ0n) is 10.5. The molecule has 0 saturated heterocycles. The molecule has 17 heavy (non-hydrogen) atoms. The van der Waals surface area contributed by atoms with Gasteiger partial charge in [0, 0.05) is 6.54 Å². The average molecular weight is 234 g/mol. The quantitative estimate of drug-likeness (QED) is 0.819. The fourth-order valence-electron chi connectivity index (χ4n) is 1.41. The Bertz CT molecular complexity index is 399. The number of rotatable bonds is 6. The Kier molecular flexibility index (Phi) is 5.31. The molecule has 92 valence electrons. The maximum atomic E-state index is 8.70. The number of hydrogen-bond donors (Lipinski definition) is 1. The largest absolute Gasteiger partial charge is 0.493 e. The lowest BCUT2D eigenvalue weighted by atomic mass is 10.2. The SMILES string of the molecule is CCNCc1ccc(OC(C)C#N)c(OC)c1. The zero-order valence-corrected chi connectivity index (χ0v) is 10.5. The van der Waals surface area contributed by atoms with E-state index in [-0.39, 0.29) is 0 Å². The Morgan fingerprint density at radius 2 is 2.18 bits per heavy atom. The summed E-state index contributed by atoms with van der Waals surface area (Å²) in [5.74, 6) is 1.25. The minimum atomic E-state index is -0.483. The molecule has 0 radical (unpaired) electrons. The van der Waals surface area contributed by atoms with Crippen LogP contribution in [0.3, 0.4) is 0 Å². The first kappa shape index (κ1) is 13.3. The number of nitrogens with zero attached hydrogens (tertiary/aromatic N) is 1. The van der Waals surface area contributed by atoms with E-state index in [1.807, 2.05) is 24.3 Å². The first-order chi connectivity index (χ1) is 8.21. The topological polar surface area (TPSA) is 54.3 Å². The van der Waals surface area contributed by atoms with Crippen LogP contribution in [0.5, 0.6) is 11.5 Å². The van der Waals surface area contributed by atoms with Crippen LogP contribution in [0.15, 0.2) is 18.2 Å². The third kappa shape index (κ3) is 3.97. The minimum Gasteiger partial charge on any atom is -0.493 e. The molecule has 1 aromatic rings. The van der Waals surface area contributed by atoms with Crippen molar-refractivity contribution in [2.75, 3.05) is 13.7 Å². The first-order valence-electron chi connectivity index (χ1n) is 5.65. The molecule has 0 fully saturated rings. The third-order valence-electron chi connectivity index (χ3n) is 2.29. The second-order valence-corrected chi connectivity index (χ2v) is 3.65. The molecule has 1 unspecified atom stereocenters. The molecule has 0 aliphatic carbocycles.